The Morgan fingerprint density at radius 2 is 1.70 bits per heavy atom. The molecule has 3 saturated heterocycles. The number of nitro benzene ring substituents is 1. The Kier molecular flexibility index (Phi) is 4.80. The van der Waals surface area contributed by atoms with Crippen LogP contribution in [-0.2, 0) is 11.2 Å². The van der Waals surface area contributed by atoms with Crippen LogP contribution < -0.4 is 4.90 Å². The number of rotatable bonds is 5. The van der Waals surface area contributed by atoms with Gasteiger partial charge in [0.1, 0.15) is 0 Å². The highest BCUT2D eigenvalue weighted by Gasteiger charge is 2.54. The topological polar surface area (TPSA) is 69.9 Å². The molecule has 1 amide bonds. The van der Waals surface area contributed by atoms with Crippen molar-refractivity contribution < 1.29 is 9.72 Å². The van der Waals surface area contributed by atoms with Gasteiger partial charge in [-0.3, -0.25) is 19.8 Å². The Morgan fingerprint density at radius 3 is 2.48 bits per heavy atom. The predicted octanol–water partition coefficient (Wildman–Crippen LogP) is 3.81. The van der Waals surface area contributed by atoms with Crippen molar-refractivity contribution in [2.45, 2.75) is 37.4 Å². The molecule has 0 aliphatic carbocycles. The number of nitro groups is 1. The molecule has 7 nitrogen and oxygen atoms in total. The van der Waals surface area contributed by atoms with Crippen molar-refractivity contribution in [1.29, 1.82) is 0 Å². The van der Waals surface area contributed by atoms with Gasteiger partial charge in [-0.1, -0.05) is 48.5 Å². The molecule has 3 heterocycles. The number of hydrogen-bond acceptors (Lipinski definition) is 5. The van der Waals surface area contributed by atoms with E-state index < -0.39 is 0 Å². The summed E-state index contributed by atoms with van der Waals surface area (Å²) in [7, 11) is 0. The lowest BCUT2D eigenvalue weighted by molar-refractivity contribution is -0.383. The van der Waals surface area contributed by atoms with Crippen LogP contribution in [0.15, 0.2) is 66.7 Å². The van der Waals surface area contributed by atoms with Gasteiger partial charge < -0.3 is 9.80 Å². The van der Waals surface area contributed by atoms with Crippen molar-refractivity contribution in [3.05, 3.63) is 82.4 Å². The predicted molar refractivity (Wildman–Crippen MR) is 127 cm³/mol. The number of hydrogen-bond donors (Lipinski definition) is 0. The molecule has 3 aliphatic heterocycles. The first-order valence-corrected chi connectivity index (χ1v) is 11.6. The van der Waals surface area contributed by atoms with Gasteiger partial charge in [-0.25, -0.2) is 0 Å². The van der Waals surface area contributed by atoms with Gasteiger partial charge in [-0.15, -0.1) is 0 Å². The highest BCUT2D eigenvalue weighted by Crippen LogP contribution is 2.42. The second-order valence-corrected chi connectivity index (χ2v) is 9.34. The monoisotopic (exact) mass is 442 g/mol. The fraction of sp³-hybridized carbons (Fsp3) is 0.346. The summed E-state index contributed by atoms with van der Waals surface area (Å²) in [6.07, 6.45) is 2.39. The summed E-state index contributed by atoms with van der Waals surface area (Å²) in [5.74, 6) is 0.255. The van der Waals surface area contributed by atoms with Gasteiger partial charge in [0.2, 0.25) is 5.91 Å². The van der Waals surface area contributed by atoms with E-state index >= 15 is 0 Å². The minimum atomic E-state index is -0.312. The number of amides is 1. The summed E-state index contributed by atoms with van der Waals surface area (Å²) in [4.78, 5) is 31.2. The van der Waals surface area contributed by atoms with Crippen molar-refractivity contribution in [3.8, 4) is 0 Å². The molecule has 3 atom stereocenters. The largest absolute Gasteiger partial charge is 0.356 e. The van der Waals surface area contributed by atoms with E-state index in [1.54, 1.807) is 6.07 Å². The molecule has 0 N–H and O–H groups in total. The zero-order chi connectivity index (χ0) is 22.5. The Balaban J connectivity index is 1.20. The lowest BCUT2D eigenvalue weighted by Gasteiger charge is -2.36. The van der Waals surface area contributed by atoms with E-state index in [0.717, 1.165) is 43.7 Å². The van der Waals surface area contributed by atoms with Crippen molar-refractivity contribution in [3.63, 3.8) is 0 Å². The zero-order valence-corrected chi connectivity index (χ0v) is 18.3. The van der Waals surface area contributed by atoms with Crippen molar-refractivity contribution >= 4 is 28.1 Å². The highest BCUT2D eigenvalue weighted by molar-refractivity contribution is 6.00. The Morgan fingerprint density at radius 1 is 0.939 bits per heavy atom. The number of aryl methyl sites for hydroxylation is 1. The molecule has 168 valence electrons. The van der Waals surface area contributed by atoms with Gasteiger partial charge in [0.05, 0.1) is 23.0 Å². The zero-order valence-electron chi connectivity index (χ0n) is 18.3. The van der Waals surface area contributed by atoms with Gasteiger partial charge in [-0.2, -0.15) is 0 Å². The molecular weight excluding hydrogens is 416 g/mol. The van der Waals surface area contributed by atoms with E-state index in [9.17, 15) is 14.9 Å². The van der Waals surface area contributed by atoms with Crippen LogP contribution in [0.1, 0.15) is 18.4 Å². The molecule has 3 fully saturated rings. The van der Waals surface area contributed by atoms with E-state index in [-0.39, 0.29) is 22.6 Å². The second-order valence-electron chi connectivity index (χ2n) is 9.34. The molecule has 3 aromatic carbocycles. The number of nitrogens with zero attached hydrogens (tertiary/aromatic N) is 4. The Bertz CT molecular complexity index is 1230. The molecule has 6 rings (SSSR count). The highest BCUT2D eigenvalue weighted by atomic mass is 16.6. The average molecular weight is 443 g/mol. The summed E-state index contributed by atoms with van der Waals surface area (Å²) in [5, 5.41) is 13.1. The molecule has 3 aliphatic rings. The number of non-ortho nitro benzene ring substituents is 1. The van der Waals surface area contributed by atoms with Crippen LogP contribution in [-0.4, -0.2) is 58.5 Å². The van der Waals surface area contributed by atoms with Crippen molar-refractivity contribution in [2.75, 3.05) is 24.7 Å². The molecular formula is C26H26N4O3. The summed E-state index contributed by atoms with van der Waals surface area (Å²) in [6, 6.07) is 22.2. The number of benzene rings is 3. The molecule has 2 bridgehead atoms. The van der Waals surface area contributed by atoms with Crippen LogP contribution >= 0.6 is 0 Å². The quantitative estimate of drug-likeness (QED) is 0.444. The maximum absolute atomic E-state index is 13.1. The number of piperazine rings is 1. The normalized spacial score (nSPS) is 23.9. The van der Waals surface area contributed by atoms with Gasteiger partial charge in [0.25, 0.3) is 5.69 Å². The van der Waals surface area contributed by atoms with Gasteiger partial charge in [0.15, 0.2) is 0 Å². The maximum Gasteiger partial charge on any atom is 0.277 e. The van der Waals surface area contributed by atoms with Crippen LogP contribution in [0.25, 0.3) is 10.8 Å². The molecule has 0 aromatic heterocycles. The lowest BCUT2D eigenvalue weighted by Crippen LogP contribution is -2.53. The first-order chi connectivity index (χ1) is 16.1. The van der Waals surface area contributed by atoms with Gasteiger partial charge >= 0.3 is 0 Å². The van der Waals surface area contributed by atoms with Crippen molar-refractivity contribution in [2.24, 2.45) is 0 Å². The number of carbonyl (C=O) groups is 1. The third kappa shape index (κ3) is 3.35. The summed E-state index contributed by atoms with van der Waals surface area (Å²) < 4.78 is 0. The SMILES string of the molecule is O=C(CCc1ccccc1)N1CC2CC1C1CN(c3ccc([N+](=O)[O-])c4ccccc34)CN21. The molecule has 3 unspecified atom stereocenters. The molecule has 0 radical (unpaired) electrons. The van der Waals surface area contributed by atoms with Crippen molar-refractivity contribution in [1.82, 2.24) is 9.80 Å². The average Bonchev–Trinajstić information content (AvgIpc) is 3.54. The van der Waals surface area contributed by atoms with Gasteiger partial charge in [-0.05, 0) is 30.5 Å². The minimum absolute atomic E-state index is 0.143. The molecule has 0 spiro atoms. The summed E-state index contributed by atoms with van der Waals surface area (Å²) in [6.45, 7) is 2.45. The maximum atomic E-state index is 13.1. The third-order valence-corrected chi connectivity index (χ3v) is 7.61. The van der Waals surface area contributed by atoms with Crippen LogP contribution in [0.5, 0.6) is 0 Å². The fourth-order valence-corrected chi connectivity index (χ4v) is 6.07. The van der Waals surface area contributed by atoms with E-state index in [2.05, 4.69) is 26.8 Å². The van der Waals surface area contributed by atoms with E-state index in [1.165, 1.54) is 5.56 Å². The summed E-state index contributed by atoms with van der Waals surface area (Å²) >= 11 is 0. The van der Waals surface area contributed by atoms with E-state index in [4.69, 9.17) is 0 Å². The Hall–Kier alpha value is -3.45. The van der Waals surface area contributed by atoms with E-state index in [1.807, 2.05) is 48.5 Å². The standard InChI is InChI=1S/C26H26N4O3/c31-26(13-10-18-6-2-1-3-7-18)28-15-19-14-24(28)25-16-27(17-29(19)25)22-11-12-23(30(32)33)21-9-5-4-8-20(21)22/h1-9,11-12,19,24-25H,10,13-17H2. The lowest BCUT2D eigenvalue weighted by atomic mass is 10.0. The fourth-order valence-electron chi connectivity index (χ4n) is 6.07. The molecule has 7 heteroatoms. The van der Waals surface area contributed by atoms with Crippen LogP contribution in [0.2, 0.25) is 0 Å². The smallest absolute Gasteiger partial charge is 0.277 e. The third-order valence-electron chi connectivity index (χ3n) is 7.61. The number of fused-ring (bicyclic) bond motifs is 6. The first kappa shape index (κ1) is 20.2. The van der Waals surface area contributed by atoms with Crippen LogP contribution in [0.3, 0.4) is 0 Å². The Labute approximate surface area is 192 Å². The molecule has 3 aromatic rings. The first-order valence-electron chi connectivity index (χ1n) is 11.6. The molecule has 33 heavy (non-hydrogen) atoms. The van der Waals surface area contributed by atoms with Crippen LogP contribution in [0.4, 0.5) is 11.4 Å². The van der Waals surface area contributed by atoms with Crippen LogP contribution in [0, 0.1) is 10.1 Å². The minimum Gasteiger partial charge on any atom is -0.356 e. The number of anilines is 1. The van der Waals surface area contributed by atoms with Gasteiger partial charge in [0, 0.05) is 48.7 Å². The molecule has 0 saturated carbocycles. The van der Waals surface area contributed by atoms with E-state index in [0.29, 0.717) is 23.9 Å². The number of carbonyl (C=O) groups excluding carboxylic acids is 1. The summed E-state index contributed by atoms with van der Waals surface area (Å²) in [5.41, 5.74) is 2.38. The second kappa shape index (κ2) is 7.85. The number of likely N-dealkylation sites (tertiary alicyclic amines) is 1.